The summed E-state index contributed by atoms with van der Waals surface area (Å²) in [6.45, 7) is 2.77. The Labute approximate surface area is 56.0 Å². The molecule has 0 aliphatic heterocycles. The lowest BCUT2D eigenvalue weighted by Crippen LogP contribution is -2.34. The smallest absolute Gasteiger partial charge is 0.207 e. The molecule has 0 aliphatic rings. The van der Waals surface area contributed by atoms with Gasteiger partial charge in [-0.25, -0.2) is 0 Å². The Kier molecular flexibility index (Phi) is 4.05. The first-order chi connectivity index (χ1) is 4.18. The number of hydrogen-bond acceptors (Lipinski definition) is 2. The van der Waals surface area contributed by atoms with Gasteiger partial charge in [0.1, 0.15) is 0 Å². The zero-order valence-corrected chi connectivity index (χ0v) is 6.22. The minimum atomic E-state index is 0.412. The second-order valence-corrected chi connectivity index (χ2v) is 2.34. The Morgan fingerprint density at radius 2 is 2.22 bits per heavy atom. The van der Waals surface area contributed by atoms with Crippen molar-refractivity contribution in [3.8, 4) is 0 Å². The average molecular weight is 130 g/mol. The molecule has 0 radical (unpaired) electrons. The summed E-state index contributed by atoms with van der Waals surface area (Å²) in [5.74, 6) is 0. The van der Waals surface area contributed by atoms with Crippen LogP contribution in [0.15, 0.2) is 0 Å². The molecule has 0 saturated heterocycles. The van der Waals surface area contributed by atoms with Gasteiger partial charge in [-0.1, -0.05) is 0 Å². The molecular weight excluding hydrogens is 116 g/mol. The van der Waals surface area contributed by atoms with E-state index in [2.05, 4.69) is 17.1 Å². The molecule has 0 aromatic carbocycles. The van der Waals surface area contributed by atoms with Crippen LogP contribution >= 0.6 is 0 Å². The lowest BCUT2D eigenvalue weighted by Gasteiger charge is -2.18. The average Bonchev–Trinajstić information content (AvgIpc) is 1.82. The maximum atomic E-state index is 9.80. The fourth-order valence-electron chi connectivity index (χ4n) is 0.401. The van der Waals surface area contributed by atoms with Crippen molar-refractivity contribution >= 4 is 6.41 Å². The summed E-state index contributed by atoms with van der Waals surface area (Å²) >= 11 is 0. The summed E-state index contributed by atoms with van der Waals surface area (Å²) in [4.78, 5) is 11.9. The maximum Gasteiger partial charge on any atom is 0.207 e. The SMILES string of the molecule is CC(CNC=O)N(C)C. The molecular formula is C6H14N2O. The number of likely N-dealkylation sites (N-methyl/N-ethyl adjacent to an activating group) is 1. The molecule has 54 valence electrons. The first-order valence-corrected chi connectivity index (χ1v) is 3.02. The van der Waals surface area contributed by atoms with Gasteiger partial charge in [-0.2, -0.15) is 0 Å². The van der Waals surface area contributed by atoms with Crippen LogP contribution < -0.4 is 5.32 Å². The van der Waals surface area contributed by atoms with E-state index in [9.17, 15) is 4.79 Å². The highest BCUT2D eigenvalue weighted by molar-refractivity contribution is 5.45. The van der Waals surface area contributed by atoms with E-state index in [1.807, 2.05) is 14.1 Å². The minimum Gasteiger partial charge on any atom is -0.357 e. The van der Waals surface area contributed by atoms with E-state index in [1.165, 1.54) is 0 Å². The van der Waals surface area contributed by atoms with E-state index in [1.54, 1.807) is 0 Å². The van der Waals surface area contributed by atoms with Gasteiger partial charge in [-0.3, -0.25) is 4.79 Å². The second-order valence-electron chi connectivity index (χ2n) is 2.34. The number of nitrogens with one attached hydrogen (secondary N) is 1. The molecule has 1 N–H and O–H groups in total. The lowest BCUT2D eigenvalue weighted by molar-refractivity contribution is -0.109. The molecule has 0 aromatic heterocycles. The first kappa shape index (κ1) is 8.43. The van der Waals surface area contributed by atoms with Crippen molar-refractivity contribution in [3.63, 3.8) is 0 Å². The number of carbonyl (C=O) groups excluding carboxylic acids is 1. The summed E-state index contributed by atoms with van der Waals surface area (Å²) in [6.07, 6.45) is 0.722. The molecule has 0 aromatic rings. The Balaban J connectivity index is 3.26. The van der Waals surface area contributed by atoms with Crippen LogP contribution in [0.2, 0.25) is 0 Å². The molecule has 0 fully saturated rings. The van der Waals surface area contributed by atoms with Gasteiger partial charge in [0.2, 0.25) is 6.41 Å². The van der Waals surface area contributed by atoms with Gasteiger partial charge in [-0.15, -0.1) is 0 Å². The van der Waals surface area contributed by atoms with Crippen LogP contribution in [0.25, 0.3) is 0 Å². The molecule has 1 unspecified atom stereocenters. The fraction of sp³-hybridized carbons (Fsp3) is 0.833. The van der Waals surface area contributed by atoms with Gasteiger partial charge in [0, 0.05) is 12.6 Å². The molecule has 0 bridgehead atoms. The van der Waals surface area contributed by atoms with Crippen LogP contribution in [0.1, 0.15) is 6.92 Å². The zero-order valence-electron chi connectivity index (χ0n) is 6.22. The van der Waals surface area contributed by atoms with Gasteiger partial charge < -0.3 is 10.2 Å². The Morgan fingerprint density at radius 3 is 2.56 bits per heavy atom. The van der Waals surface area contributed by atoms with Gasteiger partial charge in [0.05, 0.1) is 0 Å². The lowest BCUT2D eigenvalue weighted by atomic mass is 10.3. The highest BCUT2D eigenvalue weighted by Gasteiger charge is 2.00. The quantitative estimate of drug-likeness (QED) is 0.529. The van der Waals surface area contributed by atoms with Crippen LogP contribution in [0, 0.1) is 0 Å². The Hall–Kier alpha value is -0.570. The summed E-state index contributed by atoms with van der Waals surface area (Å²) < 4.78 is 0. The van der Waals surface area contributed by atoms with E-state index in [0.29, 0.717) is 6.04 Å². The zero-order chi connectivity index (χ0) is 7.28. The van der Waals surface area contributed by atoms with Crippen LogP contribution in [0.3, 0.4) is 0 Å². The normalized spacial score (nSPS) is 13.3. The topological polar surface area (TPSA) is 32.3 Å². The van der Waals surface area contributed by atoms with Crippen molar-refractivity contribution < 1.29 is 4.79 Å². The molecule has 0 saturated carbocycles. The predicted molar refractivity (Wildman–Crippen MR) is 37.2 cm³/mol. The third kappa shape index (κ3) is 3.97. The van der Waals surface area contributed by atoms with Crippen molar-refractivity contribution in [2.45, 2.75) is 13.0 Å². The standard InChI is InChI=1S/C6H14N2O/c1-6(8(2)3)4-7-5-9/h5-6H,4H2,1-3H3,(H,7,9). The Morgan fingerprint density at radius 1 is 1.67 bits per heavy atom. The van der Waals surface area contributed by atoms with Crippen LogP contribution in [0.4, 0.5) is 0 Å². The Bertz CT molecular complexity index is 83.1. The molecule has 1 atom stereocenters. The van der Waals surface area contributed by atoms with E-state index >= 15 is 0 Å². The molecule has 3 nitrogen and oxygen atoms in total. The monoisotopic (exact) mass is 130 g/mol. The largest absolute Gasteiger partial charge is 0.357 e. The molecule has 0 heterocycles. The van der Waals surface area contributed by atoms with Crippen molar-refractivity contribution in [3.05, 3.63) is 0 Å². The number of rotatable bonds is 4. The molecule has 1 amide bonds. The van der Waals surface area contributed by atoms with Gasteiger partial charge in [-0.05, 0) is 21.0 Å². The van der Waals surface area contributed by atoms with Gasteiger partial charge in [0.25, 0.3) is 0 Å². The second kappa shape index (κ2) is 4.32. The maximum absolute atomic E-state index is 9.80. The van der Waals surface area contributed by atoms with Gasteiger partial charge >= 0.3 is 0 Å². The molecule has 9 heavy (non-hydrogen) atoms. The number of carbonyl (C=O) groups is 1. The summed E-state index contributed by atoms with van der Waals surface area (Å²) in [6, 6.07) is 0.412. The highest BCUT2D eigenvalue weighted by Crippen LogP contribution is 1.86. The highest BCUT2D eigenvalue weighted by atomic mass is 16.1. The van der Waals surface area contributed by atoms with Crippen LogP contribution in [-0.2, 0) is 4.79 Å². The number of nitrogens with zero attached hydrogens (tertiary/aromatic N) is 1. The number of hydrogen-bond donors (Lipinski definition) is 1. The number of amides is 1. The van der Waals surface area contributed by atoms with E-state index in [-0.39, 0.29) is 0 Å². The molecule has 3 heteroatoms. The first-order valence-electron chi connectivity index (χ1n) is 3.02. The summed E-state index contributed by atoms with van der Waals surface area (Å²) in [5.41, 5.74) is 0. The molecule has 0 rings (SSSR count). The van der Waals surface area contributed by atoms with Crippen LogP contribution in [0.5, 0.6) is 0 Å². The van der Waals surface area contributed by atoms with Crippen molar-refractivity contribution in [2.24, 2.45) is 0 Å². The predicted octanol–water partition coefficient (Wildman–Crippen LogP) is -0.317. The summed E-state index contributed by atoms with van der Waals surface area (Å²) in [5, 5.41) is 2.61. The molecule has 0 aliphatic carbocycles. The van der Waals surface area contributed by atoms with Crippen molar-refractivity contribution in [2.75, 3.05) is 20.6 Å². The van der Waals surface area contributed by atoms with E-state index < -0.39 is 0 Å². The minimum absolute atomic E-state index is 0.412. The molecule has 0 spiro atoms. The van der Waals surface area contributed by atoms with Crippen molar-refractivity contribution in [1.82, 2.24) is 10.2 Å². The third-order valence-corrected chi connectivity index (χ3v) is 1.38. The third-order valence-electron chi connectivity index (χ3n) is 1.38. The fourth-order valence-corrected chi connectivity index (χ4v) is 0.401. The van der Waals surface area contributed by atoms with Gasteiger partial charge in [0.15, 0.2) is 0 Å². The van der Waals surface area contributed by atoms with Crippen molar-refractivity contribution in [1.29, 1.82) is 0 Å². The van der Waals surface area contributed by atoms with E-state index in [4.69, 9.17) is 0 Å². The van der Waals surface area contributed by atoms with Crippen LogP contribution in [-0.4, -0.2) is 38.0 Å². The summed E-state index contributed by atoms with van der Waals surface area (Å²) in [7, 11) is 3.97. The van der Waals surface area contributed by atoms with E-state index in [0.717, 1.165) is 13.0 Å².